The lowest BCUT2D eigenvalue weighted by molar-refractivity contribution is -0.139. The summed E-state index contributed by atoms with van der Waals surface area (Å²) in [6, 6.07) is 12.1. The molecule has 0 radical (unpaired) electrons. The molecule has 2 aromatic carbocycles. The van der Waals surface area contributed by atoms with E-state index in [0.29, 0.717) is 12.2 Å². The minimum absolute atomic E-state index is 0.168. The Balaban J connectivity index is 2.45. The number of benzene rings is 2. The van der Waals surface area contributed by atoms with Crippen molar-refractivity contribution in [2.75, 3.05) is 23.7 Å². The van der Waals surface area contributed by atoms with E-state index < -0.39 is 28.5 Å². The standard InChI is InChI=1S/C23H30BrN3O4S/c1-6-25-23(29)18(4)26(14-19-11-8-12-20(24)13-19)21(28)15-27(32(5,30)31)22-16(2)9-7-10-17(22)3/h7-13,18H,6,14-15H2,1-5H3,(H,25,29)/t18-/m0/s1. The number of carbonyl (C=O) groups excluding carboxylic acids is 2. The van der Waals surface area contributed by atoms with Crippen LogP contribution in [-0.4, -0.2) is 50.5 Å². The molecular formula is C23H30BrN3O4S. The highest BCUT2D eigenvalue weighted by Crippen LogP contribution is 2.27. The molecule has 2 aromatic rings. The highest BCUT2D eigenvalue weighted by molar-refractivity contribution is 9.10. The molecule has 0 aliphatic rings. The van der Waals surface area contributed by atoms with Crippen LogP contribution in [0.3, 0.4) is 0 Å². The minimum atomic E-state index is -3.75. The third-order valence-electron chi connectivity index (χ3n) is 5.13. The predicted octanol–water partition coefficient (Wildman–Crippen LogP) is 3.39. The van der Waals surface area contributed by atoms with Gasteiger partial charge in [0.05, 0.1) is 11.9 Å². The molecule has 0 saturated heterocycles. The van der Waals surface area contributed by atoms with Crippen LogP contribution in [0.2, 0.25) is 0 Å². The summed E-state index contributed by atoms with van der Waals surface area (Å²) in [4.78, 5) is 27.4. The van der Waals surface area contributed by atoms with Gasteiger partial charge in [-0.1, -0.05) is 46.3 Å². The zero-order valence-corrected chi connectivity index (χ0v) is 21.5. The lowest BCUT2D eigenvalue weighted by Gasteiger charge is -2.32. The molecule has 0 aliphatic carbocycles. The molecule has 0 heterocycles. The van der Waals surface area contributed by atoms with Crippen molar-refractivity contribution in [2.24, 2.45) is 0 Å². The molecule has 2 rings (SSSR count). The van der Waals surface area contributed by atoms with E-state index in [0.717, 1.165) is 31.7 Å². The molecule has 9 heteroatoms. The molecule has 2 amide bonds. The molecule has 0 spiro atoms. The Labute approximate surface area is 199 Å². The molecule has 0 saturated carbocycles. The Bertz CT molecular complexity index is 1070. The predicted molar refractivity (Wildman–Crippen MR) is 131 cm³/mol. The van der Waals surface area contributed by atoms with Crippen molar-refractivity contribution < 1.29 is 18.0 Å². The number of nitrogens with one attached hydrogen (secondary N) is 1. The quantitative estimate of drug-likeness (QED) is 0.545. The lowest BCUT2D eigenvalue weighted by Crippen LogP contribution is -2.51. The average molecular weight is 524 g/mol. The SMILES string of the molecule is CCNC(=O)[C@H](C)N(Cc1cccc(Br)c1)C(=O)CN(c1c(C)cccc1C)S(C)(=O)=O. The van der Waals surface area contributed by atoms with E-state index >= 15 is 0 Å². The van der Waals surface area contributed by atoms with Crippen LogP contribution in [0.25, 0.3) is 0 Å². The molecule has 0 aliphatic heterocycles. The summed E-state index contributed by atoms with van der Waals surface area (Å²) in [5.41, 5.74) is 2.80. The fourth-order valence-corrected chi connectivity index (χ4v) is 4.92. The largest absolute Gasteiger partial charge is 0.355 e. The second-order valence-corrected chi connectivity index (χ2v) is 10.6. The van der Waals surface area contributed by atoms with Crippen LogP contribution in [0.5, 0.6) is 0 Å². The van der Waals surface area contributed by atoms with Gasteiger partial charge in [-0.05, 0) is 56.5 Å². The van der Waals surface area contributed by atoms with E-state index in [2.05, 4.69) is 21.2 Å². The van der Waals surface area contributed by atoms with Gasteiger partial charge in [-0.3, -0.25) is 13.9 Å². The van der Waals surface area contributed by atoms with Gasteiger partial charge in [0.2, 0.25) is 21.8 Å². The van der Waals surface area contributed by atoms with E-state index in [9.17, 15) is 18.0 Å². The zero-order valence-electron chi connectivity index (χ0n) is 19.1. The monoisotopic (exact) mass is 523 g/mol. The lowest BCUT2D eigenvalue weighted by atomic mass is 10.1. The van der Waals surface area contributed by atoms with Gasteiger partial charge in [-0.25, -0.2) is 8.42 Å². The summed E-state index contributed by atoms with van der Waals surface area (Å²) in [5.74, 6) is -0.759. The van der Waals surface area contributed by atoms with E-state index in [-0.39, 0.29) is 12.5 Å². The van der Waals surface area contributed by atoms with Crippen molar-refractivity contribution in [1.29, 1.82) is 0 Å². The van der Waals surface area contributed by atoms with Gasteiger partial charge in [0.25, 0.3) is 0 Å². The molecule has 32 heavy (non-hydrogen) atoms. The van der Waals surface area contributed by atoms with Crippen LogP contribution in [0.1, 0.15) is 30.5 Å². The minimum Gasteiger partial charge on any atom is -0.355 e. The first-order valence-corrected chi connectivity index (χ1v) is 12.9. The van der Waals surface area contributed by atoms with E-state index in [1.165, 1.54) is 4.90 Å². The van der Waals surface area contributed by atoms with Crippen LogP contribution in [0.4, 0.5) is 5.69 Å². The van der Waals surface area contributed by atoms with Gasteiger partial charge in [-0.15, -0.1) is 0 Å². The fourth-order valence-electron chi connectivity index (χ4n) is 3.51. The van der Waals surface area contributed by atoms with Crippen LogP contribution >= 0.6 is 15.9 Å². The maximum Gasteiger partial charge on any atom is 0.244 e. The molecule has 1 N–H and O–H groups in total. The number of sulfonamides is 1. The first-order chi connectivity index (χ1) is 15.0. The Morgan fingerprint density at radius 2 is 1.69 bits per heavy atom. The third-order valence-corrected chi connectivity index (χ3v) is 6.73. The summed E-state index contributed by atoms with van der Waals surface area (Å²) in [6.45, 7) is 7.26. The number of rotatable bonds is 9. The normalized spacial score (nSPS) is 12.2. The van der Waals surface area contributed by atoms with Crippen molar-refractivity contribution in [3.05, 3.63) is 63.6 Å². The number of amides is 2. The van der Waals surface area contributed by atoms with E-state index in [1.54, 1.807) is 13.8 Å². The molecular weight excluding hydrogens is 494 g/mol. The average Bonchev–Trinajstić information content (AvgIpc) is 2.70. The number of hydrogen-bond donors (Lipinski definition) is 1. The van der Waals surface area contributed by atoms with Crippen LogP contribution in [-0.2, 0) is 26.2 Å². The molecule has 0 unspecified atom stereocenters. The smallest absolute Gasteiger partial charge is 0.244 e. The highest BCUT2D eigenvalue weighted by atomic mass is 79.9. The van der Waals surface area contributed by atoms with Gasteiger partial charge in [-0.2, -0.15) is 0 Å². The first kappa shape index (κ1) is 25.9. The zero-order chi connectivity index (χ0) is 24.1. The summed E-state index contributed by atoms with van der Waals surface area (Å²) in [6.07, 6.45) is 1.08. The van der Waals surface area contributed by atoms with Crippen molar-refractivity contribution in [3.8, 4) is 0 Å². The number of likely N-dealkylation sites (N-methyl/N-ethyl adjacent to an activating group) is 1. The van der Waals surface area contributed by atoms with Crippen LogP contribution in [0.15, 0.2) is 46.9 Å². The molecule has 1 atom stereocenters. The summed E-state index contributed by atoms with van der Waals surface area (Å²) >= 11 is 3.42. The number of carbonyl (C=O) groups is 2. The number of hydrogen-bond acceptors (Lipinski definition) is 4. The fraction of sp³-hybridized carbons (Fsp3) is 0.391. The number of halogens is 1. The van der Waals surface area contributed by atoms with Crippen molar-refractivity contribution in [1.82, 2.24) is 10.2 Å². The van der Waals surface area contributed by atoms with E-state index in [4.69, 9.17) is 0 Å². The maximum absolute atomic E-state index is 13.5. The molecule has 0 fully saturated rings. The Morgan fingerprint density at radius 1 is 1.09 bits per heavy atom. The summed E-state index contributed by atoms with van der Waals surface area (Å²) in [7, 11) is -3.75. The molecule has 0 aromatic heterocycles. The summed E-state index contributed by atoms with van der Waals surface area (Å²) < 4.78 is 27.3. The second-order valence-electron chi connectivity index (χ2n) is 7.73. The third kappa shape index (κ3) is 6.56. The van der Waals surface area contributed by atoms with Crippen molar-refractivity contribution >= 4 is 43.5 Å². The Hall–Kier alpha value is -2.39. The molecule has 0 bridgehead atoms. The van der Waals surface area contributed by atoms with Crippen molar-refractivity contribution in [2.45, 2.75) is 40.3 Å². The number of para-hydroxylation sites is 1. The molecule has 7 nitrogen and oxygen atoms in total. The van der Waals surface area contributed by atoms with Gasteiger partial charge >= 0.3 is 0 Å². The van der Waals surface area contributed by atoms with E-state index in [1.807, 2.05) is 56.3 Å². The van der Waals surface area contributed by atoms with Gasteiger partial charge in [0.1, 0.15) is 12.6 Å². The second kappa shape index (κ2) is 11.0. The summed E-state index contributed by atoms with van der Waals surface area (Å²) in [5, 5.41) is 2.74. The number of anilines is 1. The highest BCUT2D eigenvalue weighted by Gasteiger charge is 2.30. The topological polar surface area (TPSA) is 86.8 Å². The van der Waals surface area contributed by atoms with Gasteiger partial charge in [0.15, 0.2) is 0 Å². The number of nitrogens with zero attached hydrogens (tertiary/aromatic N) is 2. The Morgan fingerprint density at radius 3 is 2.22 bits per heavy atom. The van der Waals surface area contributed by atoms with Crippen LogP contribution in [0, 0.1) is 13.8 Å². The first-order valence-electron chi connectivity index (χ1n) is 10.3. The van der Waals surface area contributed by atoms with Crippen molar-refractivity contribution in [3.63, 3.8) is 0 Å². The molecule has 174 valence electrons. The number of aryl methyl sites for hydroxylation is 2. The Kier molecular flexibility index (Phi) is 8.86. The van der Waals surface area contributed by atoms with Crippen LogP contribution < -0.4 is 9.62 Å². The van der Waals surface area contributed by atoms with Gasteiger partial charge < -0.3 is 10.2 Å². The van der Waals surface area contributed by atoms with Gasteiger partial charge in [0, 0.05) is 17.6 Å². The maximum atomic E-state index is 13.5.